The zero-order chi connectivity index (χ0) is 18.7. The van der Waals surface area contributed by atoms with Crippen molar-refractivity contribution in [3.8, 4) is 0 Å². The third-order valence-corrected chi connectivity index (χ3v) is 5.51. The molecule has 2 rings (SSSR count). The monoisotopic (exact) mass is 428 g/mol. The van der Waals surface area contributed by atoms with Gasteiger partial charge >= 0.3 is 5.51 Å². The van der Waals surface area contributed by atoms with E-state index in [0.29, 0.717) is 16.0 Å². The second-order valence-corrected chi connectivity index (χ2v) is 9.14. The van der Waals surface area contributed by atoms with E-state index in [9.17, 15) is 13.2 Å². The normalized spacial score (nSPS) is 13.2. The van der Waals surface area contributed by atoms with E-state index < -0.39 is 30.8 Å². The number of aryl methyl sites for hydroxylation is 1. The molecule has 0 N–H and O–H groups in total. The van der Waals surface area contributed by atoms with Gasteiger partial charge in [-0.1, -0.05) is 33.8 Å². The zero-order valence-electron chi connectivity index (χ0n) is 13.9. The lowest BCUT2D eigenvalue weighted by molar-refractivity contribution is -1.73. The molecular formula is C16H20BrF3O3S. The Bertz CT molecular complexity index is 673. The van der Waals surface area contributed by atoms with Gasteiger partial charge in [-0.05, 0) is 23.5 Å². The molecule has 3 nitrogen and oxygen atoms in total. The third-order valence-electron chi connectivity index (χ3n) is 3.41. The summed E-state index contributed by atoms with van der Waals surface area (Å²) in [7, 11) is -1.74. The second kappa shape index (κ2) is 8.14. The van der Waals surface area contributed by atoms with Crippen LogP contribution in [0.3, 0.4) is 0 Å². The Balaban J connectivity index is 0.000000648. The Labute approximate surface area is 147 Å². The summed E-state index contributed by atoms with van der Waals surface area (Å²) in [6.45, 7) is 7.99. The van der Waals surface area contributed by atoms with Crippen molar-refractivity contribution in [2.75, 3.05) is 0 Å². The molecule has 0 saturated heterocycles. The lowest BCUT2D eigenvalue weighted by atomic mass is 9.87. The number of benzene rings is 1. The van der Waals surface area contributed by atoms with Crippen LogP contribution in [0, 0.1) is 14.8 Å². The molecule has 0 radical (unpaired) electrons. The van der Waals surface area contributed by atoms with Gasteiger partial charge in [0, 0.05) is 23.9 Å². The Morgan fingerprint density at radius 1 is 1.04 bits per heavy atom. The van der Waals surface area contributed by atoms with E-state index in [4.69, 9.17) is 12.6 Å². The Hall–Kier alpha value is -0.670. The van der Waals surface area contributed by atoms with Crippen molar-refractivity contribution in [2.45, 2.75) is 51.5 Å². The van der Waals surface area contributed by atoms with Gasteiger partial charge < -0.3 is 12.6 Å². The van der Waals surface area contributed by atoms with Crippen molar-refractivity contribution in [3.63, 3.8) is 0 Å². The van der Waals surface area contributed by atoms with Crippen LogP contribution >= 0.6 is 10.5 Å². The Kier molecular flexibility index (Phi) is 7.25. The molecule has 1 heterocycles. The molecule has 0 aliphatic carbocycles. The Morgan fingerprint density at radius 3 is 2.00 bits per heavy atom. The summed E-state index contributed by atoms with van der Waals surface area (Å²) < 4.78 is 66.3. The predicted molar refractivity (Wildman–Crippen MR) is 80.4 cm³/mol. The SMILES string of the molecule is CCCc1cc2ccc(C(C)(C)C)cc2[s+]1C(F)(F)F.[O-][Br+2]([O-])[O-]. The molecule has 0 amide bonds. The maximum absolute atomic E-state index is 13.4. The summed E-state index contributed by atoms with van der Waals surface area (Å²) in [5, 5.41) is 0.738. The maximum Gasteiger partial charge on any atom is 0.600 e. The molecule has 8 heteroatoms. The van der Waals surface area contributed by atoms with Crippen LogP contribution in [-0.4, -0.2) is 0 Å². The number of alkyl halides is 3. The molecule has 0 spiro atoms. The summed E-state index contributed by atoms with van der Waals surface area (Å²) >= 11 is -3.65. The lowest BCUT2D eigenvalue weighted by Gasteiger charge is -2.18. The molecule has 0 aliphatic rings. The number of thiophene rings is 1. The number of rotatable bonds is 2. The number of hydrogen-bond acceptors (Lipinski definition) is 3. The van der Waals surface area contributed by atoms with Gasteiger partial charge in [0.25, 0.3) is 0 Å². The maximum atomic E-state index is 13.4. The molecule has 24 heavy (non-hydrogen) atoms. The van der Waals surface area contributed by atoms with Gasteiger partial charge in [-0.25, -0.2) is 0 Å². The van der Waals surface area contributed by atoms with Gasteiger partial charge in [0.15, 0.2) is 9.58 Å². The van der Waals surface area contributed by atoms with E-state index in [1.807, 2.05) is 39.8 Å². The smallest absolute Gasteiger partial charge is 0.405 e. The average molecular weight is 429 g/mol. The highest BCUT2D eigenvalue weighted by molar-refractivity contribution is 7.38. The van der Waals surface area contributed by atoms with Gasteiger partial charge in [-0.15, -0.1) is 13.2 Å². The highest BCUT2D eigenvalue weighted by Crippen LogP contribution is 2.51. The largest absolute Gasteiger partial charge is 0.600 e. The average Bonchev–Trinajstić information content (AvgIpc) is 2.73. The summed E-state index contributed by atoms with van der Waals surface area (Å²) in [6, 6.07) is 7.28. The van der Waals surface area contributed by atoms with Gasteiger partial charge in [-0.3, -0.25) is 0 Å². The fourth-order valence-corrected chi connectivity index (χ4v) is 4.45. The summed E-state index contributed by atoms with van der Waals surface area (Å²) in [4.78, 5) is 0.529. The molecule has 0 saturated carbocycles. The molecule has 0 fully saturated rings. The standard InChI is InChI=1S/C16H20F3S.BrO3/c1-5-6-13-9-11-7-8-12(15(2,3)4)10-14(11)20(13)16(17,18)19;2-1(3)4/h7-10H,5-6H2,1-4H3;/q+1;-1. The van der Waals surface area contributed by atoms with Crippen LogP contribution in [0.25, 0.3) is 10.1 Å². The second-order valence-electron chi connectivity index (χ2n) is 6.30. The molecule has 1 atom stereocenters. The van der Waals surface area contributed by atoms with Crippen LogP contribution in [0.1, 0.15) is 44.6 Å². The van der Waals surface area contributed by atoms with E-state index in [2.05, 4.69) is 0 Å². The van der Waals surface area contributed by atoms with Crippen LogP contribution in [0.5, 0.6) is 0 Å². The highest BCUT2D eigenvalue weighted by atomic mass is 80.0. The van der Waals surface area contributed by atoms with E-state index in [-0.39, 0.29) is 5.41 Å². The van der Waals surface area contributed by atoms with Gasteiger partial charge in [0.1, 0.15) is 0 Å². The van der Waals surface area contributed by atoms with E-state index >= 15 is 0 Å². The quantitative estimate of drug-likeness (QED) is 0.690. The molecule has 1 unspecified atom stereocenters. The number of fused-ring (bicyclic) bond motifs is 1. The molecular weight excluding hydrogens is 409 g/mol. The first-order valence-electron chi connectivity index (χ1n) is 7.27. The molecule has 136 valence electrons. The lowest BCUT2D eigenvalue weighted by Crippen LogP contribution is -2.42. The molecule has 0 bridgehead atoms. The minimum atomic E-state index is -4.18. The van der Waals surface area contributed by atoms with Crippen molar-refractivity contribution >= 4 is 20.6 Å². The van der Waals surface area contributed by atoms with E-state index in [1.54, 1.807) is 12.1 Å². The number of hydrogen-bond donors (Lipinski definition) is 0. The van der Waals surface area contributed by atoms with Gasteiger partial charge in [-0.2, -0.15) is 0 Å². The third kappa shape index (κ3) is 5.70. The molecule has 0 aliphatic heterocycles. The minimum absolute atomic E-state index is 0.136. The summed E-state index contributed by atoms with van der Waals surface area (Å²) in [5.41, 5.74) is -3.35. The van der Waals surface area contributed by atoms with Crippen LogP contribution in [-0.2, 0) is 17.3 Å². The van der Waals surface area contributed by atoms with Crippen molar-refractivity contribution in [3.05, 3.63) is 34.7 Å². The van der Waals surface area contributed by atoms with Crippen LogP contribution in [0.2, 0.25) is 0 Å². The first-order chi connectivity index (χ1) is 10.9. The van der Waals surface area contributed by atoms with Crippen molar-refractivity contribution in [2.24, 2.45) is 0 Å². The van der Waals surface area contributed by atoms with Crippen molar-refractivity contribution in [1.82, 2.24) is 0 Å². The van der Waals surface area contributed by atoms with Crippen molar-refractivity contribution < 1.29 is 40.6 Å². The first kappa shape index (κ1) is 21.4. The Morgan fingerprint density at radius 2 is 1.58 bits per heavy atom. The van der Waals surface area contributed by atoms with Crippen molar-refractivity contribution in [1.29, 1.82) is 0 Å². The zero-order valence-corrected chi connectivity index (χ0v) is 16.3. The van der Waals surface area contributed by atoms with E-state index in [0.717, 1.165) is 17.4 Å². The van der Waals surface area contributed by atoms with Crippen LogP contribution in [0.15, 0.2) is 24.3 Å². The first-order valence-corrected chi connectivity index (χ1v) is 10.4. The van der Waals surface area contributed by atoms with Gasteiger partial charge in [0.05, 0.1) is 10.5 Å². The fraction of sp³-hybridized carbons (Fsp3) is 0.500. The van der Waals surface area contributed by atoms with E-state index in [1.165, 1.54) is 0 Å². The molecule has 1 aromatic carbocycles. The number of halogens is 4. The highest BCUT2D eigenvalue weighted by Gasteiger charge is 2.47. The topological polar surface area (TPSA) is 69.2 Å². The fourth-order valence-electron chi connectivity index (χ4n) is 2.36. The van der Waals surface area contributed by atoms with Crippen LogP contribution < -0.4 is 12.6 Å². The molecule has 2 aromatic rings. The minimum Gasteiger partial charge on any atom is -0.405 e. The molecule has 1 aromatic heterocycles. The van der Waals surface area contributed by atoms with Gasteiger partial charge in [0.2, 0.25) is 14.8 Å². The predicted octanol–water partition coefficient (Wildman–Crippen LogP) is 2.75. The summed E-state index contributed by atoms with van der Waals surface area (Å²) in [6.07, 6.45) is 1.26. The summed E-state index contributed by atoms with van der Waals surface area (Å²) in [5.74, 6) is 0. The van der Waals surface area contributed by atoms with Crippen LogP contribution in [0.4, 0.5) is 13.2 Å².